The zero-order valence-corrected chi connectivity index (χ0v) is 15.6. The summed E-state index contributed by atoms with van der Waals surface area (Å²) in [6.07, 6.45) is 1.46. The molecular formula is C16H11Cl2N5O2S. The highest BCUT2D eigenvalue weighted by Crippen LogP contribution is 2.29. The van der Waals surface area contributed by atoms with E-state index < -0.39 is 4.92 Å². The highest BCUT2D eigenvalue weighted by molar-refractivity contribution is 7.71. The number of nitrogens with zero attached hydrogens (tertiary/aromatic N) is 4. The lowest BCUT2D eigenvalue weighted by atomic mass is 10.1. The Morgan fingerprint density at radius 2 is 2.08 bits per heavy atom. The smallest absolute Gasteiger partial charge is 0.258 e. The summed E-state index contributed by atoms with van der Waals surface area (Å²) in [7, 11) is 0. The van der Waals surface area contributed by atoms with Gasteiger partial charge in [-0.15, -0.1) is 0 Å². The number of nitro benzene ring substituents is 1. The van der Waals surface area contributed by atoms with Crippen LogP contribution in [0.25, 0.3) is 11.4 Å². The number of nitro groups is 1. The monoisotopic (exact) mass is 407 g/mol. The Morgan fingerprint density at radius 3 is 2.77 bits per heavy atom. The van der Waals surface area contributed by atoms with Crippen molar-refractivity contribution in [3.8, 4) is 11.4 Å². The van der Waals surface area contributed by atoms with Gasteiger partial charge in [0.15, 0.2) is 5.82 Å². The summed E-state index contributed by atoms with van der Waals surface area (Å²) in [6.45, 7) is 1.67. The van der Waals surface area contributed by atoms with Crippen LogP contribution in [-0.4, -0.2) is 26.0 Å². The number of benzene rings is 2. The van der Waals surface area contributed by atoms with Crippen molar-refractivity contribution in [2.75, 3.05) is 0 Å². The van der Waals surface area contributed by atoms with Crippen LogP contribution < -0.4 is 0 Å². The second-order valence-corrected chi connectivity index (χ2v) is 6.57. The highest BCUT2D eigenvalue weighted by atomic mass is 35.5. The SMILES string of the molecule is Cc1ccc(/C=N\n2c(-c3ccc(Cl)cc3Cl)n[nH]c2=S)cc1[N+](=O)[O-]. The minimum Gasteiger partial charge on any atom is -0.258 e. The molecule has 0 unspecified atom stereocenters. The summed E-state index contributed by atoms with van der Waals surface area (Å²) in [5.41, 5.74) is 1.74. The molecule has 1 heterocycles. The topological polar surface area (TPSA) is 89.1 Å². The number of aromatic nitrogens is 3. The first-order chi connectivity index (χ1) is 12.4. The van der Waals surface area contributed by atoms with E-state index in [1.807, 2.05) is 0 Å². The van der Waals surface area contributed by atoms with E-state index in [9.17, 15) is 10.1 Å². The van der Waals surface area contributed by atoms with E-state index in [4.69, 9.17) is 35.4 Å². The Hall–Kier alpha value is -2.55. The van der Waals surface area contributed by atoms with Crippen LogP contribution >= 0.6 is 35.4 Å². The standard InChI is InChI=1S/C16H11Cl2N5O2S/c1-9-2-3-10(6-14(9)23(24)25)8-19-22-15(20-21-16(22)26)12-5-4-11(17)7-13(12)18/h2-8H,1H3,(H,21,26)/b19-8-. The molecule has 0 atom stereocenters. The Balaban J connectivity index is 2.03. The maximum Gasteiger partial charge on any atom is 0.272 e. The minimum atomic E-state index is -0.435. The Labute approximate surface area is 163 Å². The van der Waals surface area contributed by atoms with E-state index in [1.54, 1.807) is 37.3 Å². The van der Waals surface area contributed by atoms with E-state index in [0.29, 0.717) is 32.6 Å². The molecule has 0 aliphatic rings. The van der Waals surface area contributed by atoms with Gasteiger partial charge in [-0.1, -0.05) is 35.3 Å². The first kappa shape index (κ1) is 18.2. The van der Waals surface area contributed by atoms with Gasteiger partial charge in [0, 0.05) is 27.8 Å². The molecule has 10 heteroatoms. The zero-order chi connectivity index (χ0) is 18.8. The molecule has 0 saturated heterocycles. The third-order valence-electron chi connectivity index (χ3n) is 3.57. The van der Waals surface area contributed by atoms with Crippen LogP contribution in [0.2, 0.25) is 10.0 Å². The van der Waals surface area contributed by atoms with Crippen LogP contribution in [0.3, 0.4) is 0 Å². The van der Waals surface area contributed by atoms with Gasteiger partial charge in [0.1, 0.15) is 0 Å². The number of aryl methyl sites for hydroxylation is 1. The van der Waals surface area contributed by atoms with Crippen molar-refractivity contribution >= 4 is 47.3 Å². The first-order valence-electron chi connectivity index (χ1n) is 7.29. The Kier molecular flexibility index (Phi) is 5.17. The summed E-state index contributed by atoms with van der Waals surface area (Å²) in [6, 6.07) is 9.80. The van der Waals surface area contributed by atoms with Crippen molar-refractivity contribution in [1.29, 1.82) is 0 Å². The van der Waals surface area contributed by atoms with Crippen LogP contribution in [0.15, 0.2) is 41.5 Å². The van der Waals surface area contributed by atoms with Crippen molar-refractivity contribution in [2.24, 2.45) is 5.10 Å². The lowest BCUT2D eigenvalue weighted by molar-refractivity contribution is -0.385. The van der Waals surface area contributed by atoms with E-state index in [0.717, 1.165) is 0 Å². The third kappa shape index (κ3) is 3.67. The molecule has 26 heavy (non-hydrogen) atoms. The van der Waals surface area contributed by atoms with Crippen LogP contribution in [0.5, 0.6) is 0 Å². The number of rotatable bonds is 4. The molecule has 0 radical (unpaired) electrons. The average molecular weight is 408 g/mol. The summed E-state index contributed by atoms with van der Waals surface area (Å²) in [5.74, 6) is 0.398. The first-order valence-corrected chi connectivity index (χ1v) is 8.45. The van der Waals surface area contributed by atoms with Crippen LogP contribution in [0, 0.1) is 21.8 Å². The maximum absolute atomic E-state index is 11.1. The van der Waals surface area contributed by atoms with Crippen LogP contribution in [-0.2, 0) is 0 Å². The lowest BCUT2D eigenvalue weighted by Gasteiger charge is -2.04. The minimum absolute atomic E-state index is 0.0192. The quantitative estimate of drug-likeness (QED) is 0.284. The van der Waals surface area contributed by atoms with E-state index in [-0.39, 0.29) is 10.5 Å². The summed E-state index contributed by atoms with van der Waals surface area (Å²) in [4.78, 5) is 10.6. The molecule has 3 rings (SSSR count). The van der Waals surface area contributed by atoms with Gasteiger partial charge in [-0.3, -0.25) is 10.1 Å². The largest absolute Gasteiger partial charge is 0.272 e. The third-order valence-corrected chi connectivity index (χ3v) is 4.39. The number of hydrogen-bond acceptors (Lipinski definition) is 5. The average Bonchev–Trinajstić information content (AvgIpc) is 2.94. The molecular weight excluding hydrogens is 397 g/mol. The van der Waals surface area contributed by atoms with Gasteiger partial charge in [-0.05, 0) is 37.3 Å². The molecule has 1 aromatic heterocycles. The normalized spacial score (nSPS) is 11.2. The number of H-pyrrole nitrogens is 1. The number of aromatic amines is 1. The second-order valence-electron chi connectivity index (χ2n) is 5.34. The van der Waals surface area contributed by atoms with Gasteiger partial charge >= 0.3 is 0 Å². The predicted octanol–water partition coefficient (Wildman–Crippen LogP) is 5.01. The summed E-state index contributed by atoms with van der Waals surface area (Å²) in [5, 5.41) is 23.0. The molecule has 2 aromatic carbocycles. The zero-order valence-electron chi connectivity index (χ0n) is 13.3. The molecule has 132 valence electrons. The predicted molar refractivity (Wildman–Crippen MR) is 104 cm³/mol. The molecule has 0 amide bonds. The molecule has 0 aliphatic heterocycles. The maximum atomic E-state index is 11.1. The van der Waals surface area contributed by atoms with Crippen molar-refractivity contribution in [2.45, 2.75) is 6.92 Å². The van der Waals surface area contributed by atoms with Gasteiger partial charge in [-0.25, -0.2) is 5.10 Å². The summed E-state index contributed by atoms with van der Waals surface area (Å²) >= 11 is 17.3. The van der Waals surface area contributed by atoms with E-state index in [2.05, 4.69) is 15.3 Å². The fourth-order valence-electron chi connectivity index (χ4n) is 2.27. The molecule has 1 N–H and O–H groups in total. The van der Waals surface area contributed by atoms with E-state index in [1.165, 1.54) is 17.0 Å². The molecule has 0 saturated carbocycles. The van der Waals surface area contributed by atoms with Crippen molar-refractivity contribution in [3.63, 3.8) is 0 Å². The molecule has 0 fully saturated rings. The van der Waals surface area contributed by atoms with Crippen molar-refractivity contribution in [3.05, 3.63) is 72.5 Å². The second kappa shape index (κ2) is 7.36. The van der Waals surface area contributed by atoms with Gasteiger partial charge in [0.05, 0.1) is 16.2 Å². The van der Waals surface area contributed by atoms with Gasteiger partial charge in [0.25, 0.3) is 5.69 Å². The van der Waals surface area contributed by atoms with Crippen LogP contribution in [0.4, 0.5) is 5.69 Å². The van der Waals surface area contributed by atoms with Crippen LogP contribution in [0.1, 0.15) is 11.1 Å². The molecule has 3 aromatic rings. The molecule has 0 spiro atoms. The van der Waals surface area contributed by atoms with Crippen molar-refractivity contribution < 1.29 is 4.92 Å². The fraction of sp³-hybridized carbons (Fsp3) is 0.0625. The number of hydrogen-bond donors (Lipinski definition) is 1. The summed E-state index contributed by atoms with van der Waals surface area (Å²) < 4.78 is 1.64. The number of halogens is 2. The molecule has 7 nitrogen and oxygen atoms in total. The number of nitrogens with one attached hydrogen (secondary N) is 1. The Bertz CT molecular complexity index is 1090. The molecule has 0 bridgehead atoms. The van der Waals surface area contributed by atoms with Gasteiger partial charge in [-0.2, -0.15) is 14.9 Å². The van der Waals surface area contributed by atoms with Gasteiger partial charge in [0.2, 0.25) is 4.77 Å². The van der Waals surface area contributed by atoms with Gasteiger partial charge < -0.3 is 0 Å². The fourth-order valence-corrected chi connectivity index (χ4v) is 2.94. The van der Waals surface area contributed by atoms with Crippen molar-refractivity contribution in [1.82, 2.24) is 14.9 Å². The lowest BCUT2D eigenvalue weighted by Crippen LogP contribution is -1.97. The molecule has 0 aliphatic carbocycles. The highest BCUT2D eigenvalue weighted by Gasteiger charge is 2.13. The Morgan fingerprint density at radius 1 is 1.31 bits per heavy atom. The van der Waals surface area contributed by atoms with E-state index >= 15 is 0 Å².